The quantitative estimate of drug-likeness (QED) is 0.822. The first kappa shape index (κ1) is 19.7. The Hall–Kier alpha value is -0.620. The van der Waals surface area contributed by atoms with E-state index in [2.05, 4.69) is 15.0 Å². The number of rotatable bonds is 5. The number of ether oxygens (including phenoxy) is 1. The molecule has 1 N–H and O–H groups in total. The molecule has 3 nitrogen and oxygen atoms in total. The maximum atomic E-state index is 12.5. The highest BCUT2D eigenvalue weighted by Crippen LogP contribution is 2.29. The van der Waals surface area contributed by atoms with Gasteiger partial charge in [0.05, 0.1) is 0 Å². The van der Waals surface area contributed by atoms with Crippen molar-refractivity contribution < 1.29 is 13.5 Å². The first-order valence-corrected chi connectivity index (χ1v) is 8.68. The van der Waals surface area contributed by atoms with Crippen LogP contribution < -0.4 is 10.1 Å². The van der Waals surface area contributed by atoms with Crippen molar-refractivity contribution in [2.45, 2.75) is 44.9 Å². The van der Waals surface area contributed by atoms with Crippen LogP contribution in [0, 0.1) is 5.92 Å². The van der Waals surface area contributed by atoms with Crippen LogP contribution in [0.3, 0.4) is 0 Å². The topological polar surface area (TPSA) is 24.5 Å². The van der Waals surface area contributed by atoms with Gasteiger partial charge < -0.3 is 10.1 Å². The van der Waals surface area contributed by atoms with Crippen LogP contribution in [-0.4, -0.2) is 37.2 Å². The molecule has 136 valence electrons. The van der Waals surface area contributed by atoms with Crippen molar-refractivity contribution in [1.82, 2.24) is 10.2 Å². The molecule has 0 bridgehead atoms. The summed E-state index contributed by atoms with van der Waals surface area (Å²) in [6.45, 7) is 0.913. The predicted molar refractivity (Wildman–Crippen MR) is 94.4 cm³/mol. The van der Waals surface area contributed by atoms with Crippen LogP contribution in [-0.2, 0) is 6.54 Å². The lowest BCUT2D eigenvalue weighted by molar-refractivity contribution is -0.0508. The van der Waals surface area contributed by atoms with Crippen molar-refractivity contribution in [3.05, 3.63) is 28.8 Å². The second-order valence-corrected chi connectivity index (χ2v) is 6.88. The fourth-order valence-corrected chi connectivity index (χ4v) is 3.95. The highest BCUT2D eigenvalue weighted by molar-refractivity contribution is 6.30. The SMILES string of the molecule is Cl.FC(F)Oc1ccc(Cl)cc1CN1CCC(C2CCCN2)CC1. The summed E-state index contributed by atoms with van der Waals surface area (Å²) in [5.41, 5.74) is 0.732. The van der Waals surface area contributed by atoms with Gasteiger partial charge in [-0.05, 0) is 69.4 Å². The summed E-state index contributed by atoms with van der Waals surface area (Å²) in [4.78, 5) is 2.30. The van der Waals surface area contributed by atoms with E-state index in [1.54, 1.807) is 12.1 Å². The van der Waals surface area contributed by atoms with Gasteiger partial charge in [-0.2, -0.15) is 8.78 Å². The van der Waals surface area contributed by atoms with Gasteiger partial charge in [0, 0.05) is 23.2 Å². The lowest BCUT2D eigenvalue weighted by Gasteiger charge is -2.35. The fraction of sp³-hybridized carbons (Fsp3) is 0.647. The van der Waals surface area contributed by atoms with E-state index >= 15 is 0 Å². The molecule has 0 radical (unpaired) electrons. The van der Waals surface area contributed by atoms with Crippen molar-refractivity contribution in [2.24, 2.45) is 5.92 Å². The number of hydrogen-bond donors (Lipinski definition) is 1. The minimum Gasteiger partial charge on any atom is -0.434 e. The summed E-state index contributed by atoms with van der Waals surface area (Å²) >= 11 is 6.01. The van der Waals surface area contributed by atoms with Crippen LogP contribution in [0.4, 0.5) is 8.78 Å². The molecule has 1 unspecified atom stereocenters. The summed E-state index contributed by atoms with van der Waals surface area (Å²) < 4.78 is 29.7. The third-order valence-corrected chi connectivity index (χ3v) is 5.17. The van der Waals surface area contributed by atoms with E-state index in [-0.39, 0.29) is 18.2 Å². The molecule has 0 amide bonds. The zero-order chi connectivity index (χ0) is 16.2. The lowest BCUT2D eigenvalue weighted by Crippen LogP contribution is -2.40. The maximum absolute atomic E-state index is 12.5. The van der Waals surface area contributed by atoms with Crippen LogP contribution in [0.1, 0.15) is 31.2 Å². The molecular formula is C17H24Cl2F2N2O. The first-order chi connectivity index (χ1) is 11.1. The van der Waals surface area contributed by atoms with Gasteiger partial charge in [-0.1, -0.05) is 11.6 Å². The second kappa shape index (κ2) is 9.18. The van der Waals surface area contributed by atoms with Crippen molar-refractivity contribution in [3.63, 3.8) is 0 Å². The molecule has 1 aromatic rings. The highest BCUT2D eigenvalue weighted by atomic mass is 35.5. The molecular weight excluding hydrogens is 357 g/mol. The smallest absolute Gasteiger partial charge is 0.387 e. The van der Waals surface area contributed by atoms with E-state index < -0.39 is 6.61 Å². The van der Waals surface area contributed by atoms with Crippen molar-refractivity contribution >= 4 is 24.0 Å². The Labute approximate surface area is 153 Å². The molecule has 0 saturated carbocycles. The van der Waals surface area contributed by atoms with Crippen LogP contribution in [0.25, 0.3) is 0 Å². The predicted octanol–water partition coefficient (Wildman–Crippen LogP) is 4.33. The molecule has 1 atom stereocenters. The van der Waals surface area contributed by atoms with Crippen molar-refractivity contribution in [3.8, 4) is 5.75 Å². The molecule has 7 heteroatoms. The van der Waals surface area contributed by atoms with E-state index in [9.17, 15) is 8.78 Å². The standard InChI is InChI=1S/C17H23ClF2N2O.ClH/c18-14-3-4-16(23-17(19)20)13(10-14)11-22-8-5-12(6-9-22)15-2-1-7-21-15;/h3-4,10,12,15,17,21H,1-2,5-9,11H2;1H. The lowest BCUT2D eigenvalue weighted by atomic mass is 9.88. The third-order valence-electron chi connectivity index (χ3n) is 4.93. The maximum Gasteiger partial charge on any atom is 0.387 e. The van der Waals surface area contributed by atoms with E-state index in [1.807, 2.05) is 0 Å². The van der Waals surface area contributed by atoms with Crippen molar-refractivity contribution in [2.75, 3.05) is 19.6 Å². The molecule has 2 saturated heterocycles. The van der Waals surface area contributed by atoms with E-state index in [1.165, 1.54) is 18.9 Å². The summed E-state index contributed by atoms with van der Waals surface area (Å²) in [5, 5.41) is 4.14. The zero-order valence-corrected chi connectivity index (χ0v) is 15.1. The molecule has 0 aromatic heterocycles. The fourth-order valence-electron chi connectivity index (χ4n) is 3.75. The summed E-state index contributed by atoms with van der Waals surface area (Å²) in [6.07, 6.45) is 4.87. The summed E-state index contributed by atoms with van der Waals surface area (Å²) in [7, 11) is 0. The van der Waals surface area contributed by atoms with Gasteiger partial charge in [0.1, 0.15) is 5.75 Å². The van der Waals surface area contributed by atoms with Gasteiger partial charge in [-0.3, -0.25) is 4.90 Å². The van der Waals surface area contributed by atoms with Gasteiger partial charge in [0.2, 0.25) is 0 Å². The van der Waals surface area contributed by atoms with Gasteiger partial charge in [-0.25, -0.2) is 0 Å². The molecule has 0 aliphatic carbocycles. The minimum atomic E-state index is -2.81. The minimum absolute atomic E-state index is 0. The highest BCUT2D eigenvalue weighted by Gasteiger charge is 2.28. The molecule has 3 rings (SSSR count). The van der Waals surface area contributed by atoms with Gasteiger partial charge in [0.25, 0.3) is 0 Å². The first-order valence-electron chi connectivity index (χ1n) is 8.31. The number of nitrogens with zero attached hydrogens (tertiary/aromatic N) is 1. The Balaban J connectivity index is 0.00000208. The van der Waals surface area contributed by atoms with E-state index in [0.29, 0.717) is 17.6 Å². The Morgan fingerprint density at radius 3 is 2.62 bits per heavy atom. The van der Waals surface area contributed by atoms with Crippen LogP contribution >= 0.6 is 24.0 Å². The Bertz CT molecular complexity index is 519. The second-order valence-electron chi connectivity index (χ2n) is 6.45. The van der Waals surface area contributed by atoms with Gasteiger partial charge in [-0.15, -0.1) is 12.4 Å². The van der Waals surface area contributed by atoms with Crippen LogP contribution in [0.15, 0.2) is 18.2 Å². The Kier molecular flexibility index (Phi) is 7.54. The van der Waals surface area contributed by atoms with Crippen LogP contribution in [0.2, 0.25) is 5.02 Å². The number of nitrogens with one attached hydrogen (secondary N) is 1. The third kappa shape index (κ3) is 5.19. The number of hydrogen-bond acceptors (Lipinski definition) is 3. The van der Waals surface area contributed by atoms with Crippen LogP contribution in [0.5, 0.6) is 5.75 Å². The van der Waals surface area contributed by atoms with Gasteiger partial charge >= 0.3 is 6.61 Å². The molecule has 0 spiro atoms. The molecule has 2 heterocycles. The number of benzene rings is 1. The summed E-state index contributed by atoms with van der Waals surface area (Å²) in [6, 6.07) is 5.50. The Morgan fingerprint density at radius 2 is 2.00 bits per heavy atom. The molecule has 2 aliphatic heterocycles. The summed E-state index contributed by atoms with van der Waals surface area (Å²) in [5.74, 6) is 0.967. The Morgan fingerprint density at radius 1 is 1.25 bits per heavy atom. The number of alkyl halides is 2. The zero-order valence-electron chi connectivity index (χ0n) is 13.5. The monoisotopic (exact) mass is 380 g/mol. The normalized spacial score (nSPS) is 22.6. The average molecular weight is 381 g/mol. The number of piperidine rings is 1. The molecule has 2 aliphatic rings. The molecule has 2 fully saturated rings. The molecule has 1 aromatic carbocycles. The van der Waals surface area contributed by atoms with Crippen molar-refractivity contribution in [1.29, 1.82) is 0 Å². The van der Waals surface area contributed by atoms with E-state index in [4.69, 9.17) is 11.6 Å². The number of likely N-dealkylation sites (tertiary alicyclic amines) is 1. The average Bonchev–Trinajstić information content (AvgIpc) is 3.05. The largest absolute Gasteiger partial charge is 0.434 e. The number of halogens is 4. The van der Waals surface area contributed by atoms with E-state index in [0.717, 1.165) is 44.0 Å². The van der Waals surface area contributed by atoms with Gasteiger partial charge in [0.15, 0.2) is 0 Å². The molecule has 24 heavy (non-hydrogen) atoms.